The average molecular weight is 176 g/mol. The number of hydrogen-bond acceptors (Lipinski definition) is 3. The van der Waals surface area contributed by atoms with Crippen LogP contribution >= 0.6 is 0 Å². The maximum Gasteiger partial charge on any atom is 0.239 e. The number of rotatable bonds is 1. The Morgan fingerprint density at radius 2 is 2.08 bits per heavy atom. The fraction of sp³-hybridized carbons (Fsp3) is 0.100. The molecule has 0 aliphatic carbocycles. The van der Waals surface area contributed by atoms with Gasteiger partial charge in [0.1, 0.15) is 12.4 Å². The zero-order valence-electron chi connectivity index (χ0n) is 6.82. The van der Waals surface area contributed by atoms with Crippen LogP contribution in [0.3, 0.4) is 0 Å². The Morgan fingerprint density at radius 3 is 2.69 bits per heavy atom. The van der Waals surface area contributed by atoms with Gasteiger partial charge in [-0.2, -0.15) is 0 Å². The molecule has 0 saturated heterocycles. The van der Waals surface area contributed by atoms with Crippen LogP contribution in [-0.2, 0) is 0 Å². The van der Waals surface area contributed by atoms with Gasteiger partial charge in [0.25, 0.3) is 0 Å². The summed E-state index contributed by atoms with van der Waals surface area (Å²) >= 11 is 0. The summed E-state index contributed by atoms with van der Waals surface area (Å²) in [6, 6.07) is 6.14. The lowest BCUT2D eigenvalue weighted by molar-refractivity contribution is 0.105. The average Bonchev–Trinajstić information content (AvgIpc) is 2.15. The molecule has 1 aromatic carbocycles. The summed E-state index contributed by atoms with van der Waals surface area (Å²) < 4.78 is 0. The summed E-state index contributed by atoms with van der Waals surface area (Å²) in [5.41, 5.74) is 0.156. The maximum absolute atomic E-state index is 11.2. The highest BCUT2D eigenvalue weighted by Gasteiger charge is 2.05. The fourth-order valence-corrected chi connectivity index (χ4v) is 0.853. The van der Waals surface area contributed by atoms with Gasteiger partial charge in [-0.25, -0.2) is 0 Å². The normalized spacial score (nSPS) is 8.69. The quantitative estimate of drug-likeness (QED) is 0.373. The van der Waals surface area contributed by atoms with Crippen molar-refractivity contribution in [3.05, 3.63) is 29.8 Å². The number of carbonyl (C=O) groups excluding carboxylic acids is 1. The molecule has 0 atom stereocenters. The van der Waals surface area contributed by atoms with Gasteiger partial charge >= 0.3 is 0 Å². The third-order valence-corrected chi connectivity index (χ3v) is 1.43. The second-order valence-corrected chi connectivity index (χ2v) is 2.31. The number of aliphatic hydroxyl groups excluding tert-OH is 1. The topological polar surface area (TPSA) is 57.5 Å². The molecular weight excluding hydrogens is 168 g/mol. The van der Waals surface area contributed by atoms with Crippen LogP contribution in [0.15, 0.2) is 24.3 Å². The molecule has 0 saturated carbocycles. The zero-order chi connectivity index (χ0) is 9.68. The number of phenols is 1. The smallest absolute Gasteiger partial charge is 0.239 e. The Balaban J connectivity index is 2.96. The zero-order valence-corrected chi connectivity index (χ0v) is 6.82. The maximum atomic E-state index is 11.2. The highest BCUT2D eigenvalue weighted by Crippen LogP contribution is 2.15. The lowest BCUT2D eigenvalue weighted by Crippen LogP contribution is -1.95. The number of carbonyl (C=O) groups is 1. The van der Waals surface area contributed by atoms with Crippen molar-refractivity contribution in [2.45, 2.75) is 0 Å². The summed E-state index contributed by atoms with van der Waals surface area (Å²) in [5.74, 6) is 3.82. The van der Waals surface area contributed by atoms with Gasteiger partial charge in [-0.1, -0.05) is 18.1 Å². The molecule has 0 spiro atoms. The molecule has 0 bridgehead atoms. The van der Waals surface area contributed by atoms with E-state index in [1.165, 1.54) is 12.1 Å². The van der Waals surface area contributed by atoms with E-state index in [2.05, 4.69) is 11.8 Å². The molecule has 13 heavy (non-hydrogen) atoms. The van der Waals surface area contributed by atoms with Crippen LogP contribution in [0, 0.1) is 11.8 Å². The predicted molar refractivity (Wildman–Crippen MR) is 47.3 cm³/mol. The predicted octanol–water partition coefficient (Wildman–Crippen LogP) is 0.571. The van der Waals surface area contributed by atoms with Crippen molar-refractivity contribution in [2.75, 3.05) is 6.61 Å². The van der Waals surface area contributed by atoms with Gasteiger partial charge in [-0.05, 0) is 18.1 Å². The molecule has 0 heterocycles. The molecule has 1 rings (SSSR count). The molecule has 1 aromatic rings. The largest absolute Gasteiger partial charge is 0.507 e. The minimum absolute atomic E-state index is 0.0975. The molecule has 0 aliphatic rings. The molecule has 66 valence electrons. The van der Waals surface area contributed by atoms with Crippen molar-refractivity contribution in [2.24, 2.45) is 0 Å². The monoisotopic (exact) mass is 176 g/mol. The van der Waals surface area contributed by atoms with Crippen LogP contribution in [0.4, 0.5) is 0 Å². The van der Waals surface area contributed by atoms with Crippen LogP contribution in [0.1, 0.15) is 10.4 Å². The first-order valence-electron chi connectivity index (χ1n) is 3.67. The van der Waals surface area contributed by atoms with Crippen LogP contribution in [0.2, 0.25) is 0 Å². The second kappa shape index (κ2) is 4.29. The van der Waals surface area contributed by atoms with E-state index < -0.39 is 5.78 Å². The summed E-state index contributed by atoms with van der Waals surface area (Å²) in [6.45, 7) is -0.362. The number of phenolic OH excluding ortho intramolecular Hbond substituents is 1. The van der Waals surface area contributed by atoms with E-state index in [1.54, 1.807) is 12.1 Å². The molecule has 0 amide bonds. The molecule has 3 heteroatoms. The molecule has 0 aliphatic heterocycles. The highest BCUT2D eigenvalue weighted by atomic mass is 16.3. The number of ketones is 1. The number of aliphatic hydroxyl groups is 1. The van der Waals surface area contributed by atoms with Crippen LogP contribution < -0.4 is 0 Å². The van der Waals surface area contributed by atoms with Gasteiger partial charge in [0.05, 0.1) is 5.56 Å². The summed E-state index contributed by atoms with van der Waals surface area (Å²) in [4.78, 5) is 11.2. The van der Waals surface area contributed by atoms with E-state index in [1.807, 2.05) is 0 Å². The van der Waals surface area contributed by atoms with Gasteiger partial charge in [-0.3, -0.25) is 4.79 Å². The van der Waals surface area contributed by atoms with E-state index in [0.717, 1.165) is 0 Å². The number of hydrogen-bond donors (Lipinski definition) is 2. The second-order valence-electron chi connectivity index (χ2n) is 2.31. The third-order valence-electron chi connectivity index (χ3n) is 1.43. The van der Waals surface area contributed by atoms with E-state index >= 15 is 0 Å². The highest BCUT2D eigenvalue weighted by molar-refractivity contribution is 6.10. The summed E-state index contributed by atoms with van der Waals surface area (Å²) in [6.07, 6.45) is 0. The number of Topliss-reactive ketones (excluding diaryl/α,β-unsaturated/α-hetero) is 1. The van der Waals surface area contributed by atoms with Crippen LogP contribution in [-0.4, -0.2) is 22.6 Å². The third kappa shape index (κ3) is 2.32. The molecular formula is C10H8O3. The Bertz CT molecular complexity index is 371. The molecule has 2 N–H and O–H groups in total. The summed E-state index contributed by atoms with van der Waals surface area (Å²) in [7, 11) is 0. The standard InChI is InChI=1S/C10H8O3/c11-7-3-6-10(13)8-4-1-2-5-9(8)12/h1-2,4-5,11-12H,7H2. The number of aromatic hydroxyl groups is 1. The molecule has 0 unspecified atom stereocenters. The lowest BCUT2D eigenvalue weighted by Gasteiger charge is -1.96. The summed E-state index contributed by atoms with van der Waals surface area (Å²) in [5, 5.41) is 17.6. The van der Waals surface area contributed by atoms with Crippen molar-refractivity contribution < 1.29 is 15.0 Å². The molecule has 0 fully saturated rings. The molecule has 3 nitrogen and oxygen atoms in total. The first-order chi connectivity index (χ1) is 6.25. The van der Waals surface area contributed by atoms with Crippen molar-refractivity contribution in [3.63, 3.8) is 0 Å². The van der Waals surface area contributed by atoms with Gasteiger partial charge < -0.3 is 10.2 Å². The Hall–Kier alpha value is -1.79. The minimum Gasteiger partial charge on any atom is -0.507 e. The van der Waals surface area contributed by atoms with Crippen molar-refractivity contribution in [1.29, 1.82) is 0 Å². The van der Waals surface area contributed by atoms with Crippen LogP contribution in [0.5, 0.6) is 5.75 Å². The van der Waals surface area contributed by atoms with E-state index in [-0.39, 0.29) is 17.9 Å². The molecule has 0 aromatic heterocycles. The number of benzene rings is 1. The first-order valence-corrected chi connectivity index (χ1v) is 3.67. The van der Waals surface area contributed by atoms with E-state index in [9.17, 15) is 9.90 Å². The number of para-hydroxylation sites is 1. The Labute approximate surface area is 75.6 Å². The van der Waals surface area contributed by atoms with Crippen molar-refractivity contribution in [3.8, 4) is 17.6 Å². The van der Waals surface area contributed by atoms with Crippen molar-refractivity contribution >= 4 is 5.78 Å². The fourth-order valence-electron chi connectivity index (χ4n) is 0.853. The Kier molecular flexibility index (Phi) is 3.07. The van der Waals surface area contributed by atoms with Crippen molar-refractivity contribution in [1.82, 2.24) is 0 Å². The van der Waals surface area contributed by atoms with Gasteiger partial charge in [0.15, 0.2) is 0 Å². The van der Waals surface area contributed by atoms with Gasteiger partial charge in [0.2, 0.25) is 5.78 Å². The van der Waals surface area contributed by atoms with E-state index in [4.69, 9.17) is 5.11 Å². The molecule has 0 radical (unpaired) electrons. The van der Waals surface area contributed by atoms with Gasteiger partial charge in [-0.15, -0.1) is 0 Å². The van der Waals surface area contributed by atoms with Gasteiger partial charge in [0, 0.05) is 0 Å². The minimum atomic E-state index is -0.493. The Morgan fingerprint density at radius 1 is 1.38 bits per heavy atom. The first kappa shape index (κ1) is 9.30. The van der Waals surface area contributed by atoms with E-state index in [0.29, 0.717) is 0 Å². The SMILES string of the molecule is O=C(C#CCO)c1ccccc1O. The lowest BCUT2D eigenvalue weighted by atomic mass is 10.1. The van der Waals surface area contributed by atoms with Crippen LogP contribution in [0.25, 0.3) is 0 Å².